The van der Waals surface area contributed by atoms with Gasteiger partial charge in [0, 0.05) is 18.0 Å². The first-order valence-electron chi connectivity index (χ1n) is 10.1. The van der Waals surface area contributed by atoms with Crippen LogP contribution in [0.1, 0.15) is 34.3 Å². The third-order valence-electron chi connectivity index (χ3n) is 6.34. The summed E-state index contributed by atoms with van der Waals surface area (Å²) in [6.07, 6.45) is 0. The number of phenolic OH excluding ortho intramolecular Hbond substituents is 2. The number of aromatic hydroxyl groups is 2. The number of hydrazine groups is 1. The Morgan fingerprint density at radius 3 is 2.45 bits per heavy atom. The number of benzene rings is 2. The fourth-order valence-corrected chi connectivity index (χ4v) is 5.18. The number of aliphatic hydroxyl groups excluding tert-OH is 1. The first-order chi connectivity index (χ1) is 14.8. The van der Waals surface area contributed by atoms with E-state index in [2.05, 4.69) is 26.8 Å². The fraction of sp³-hybridized carbons (Fsp3) is 0.409. The zero-order chi connectivity index (χ0) is 22.4. The predicted octanol–water partition coefficient (Wildman–Crippen LogP) is 2.20. The van der Waals surface area contributed by atoms with Crippen molar-refractivity contribution in [2.45, 2.75) is 32.0 Å². The quantitative estimate of drug-likeness (QED) is 0.435. The SMILES string of the molecule is COc1cc(C2C3C(NNC3c3cc(C)c(C)cc3O)C(=O)N2CCO)cc(Br)c1O. The Morgan fingerprint density at radius 2 is 1.77 bits per heavy atom. The van der Waals surface area contributed by atoms with Crippen LogP contribution in [0, 0.1) is 19.8 Å². The van der Waals surface area contributed by atoms with E-state index >= 15 is 0 Å². The van der Waals surface area contributed by atoms with E-state index in [1.807, 2.05) is 19.9 Å². The lowest BCUT2D eigenvalue weighted by atomic mass is 9.82. The van der Waals surface area contributed by atoms with Crippen LogP contribution in [0.4, 0.5) is 0 Å². The monoisotopic (exact) mass is 491 g/mol. The summed E-state index contributed by atoms with van der Waals surface area (Å²) >= 11 is 3.37. The van der Waals surface area contributed by atoms with Crippen molar-refractivity contribution in [1.82, 2.24) is 15.8 Å². The molecule has 4 atom stereocenters. The Morgan fingerprint density at radius 1 is 1.10 bits per heavy atom. The summed E-state index contributed by atoms with van der Waals surface area (Å²) in [5, 5.41) is 30.6. The van der Waals surface area contributed by atoms with Gasteiger partial charge < -0.3 is 25.0 Å². The van der Waals surface area contributed by atoms with E-state index in [9.17, 15) is 20.1 Å². The summed E-state index contributed by atoms with van der Waals surface area (Å²) < 4.78 is 5.77. The molecule has 2 aromatic rings. The van der Waals surface area contributed by atoms with Gasteiger partial charge in [0.2, 0.25) is 5.91 Å². The smallest absolute Gasteiger partial charge is 0.242 e. The number of hydrogen-bond donors (Lipinski definition) is 5. The molecule has 8 nitrogen and oxygen atoms in total. The molecule has 166 valence electrons. The lowest BCUT2D eigenvalue weighted by Gasteiger charge is -2.31. The molecule has 2 aliphatic heterocycles. The molecule has 9 heteroatoms. The summed E-state index contributed by atoms with van der Waals surface area (Å²) in [7, 11) is 1.47. The molecule has 2 aromatic carbocycles. The molecular weight excluding hydrogens is 466 g/mol. The average Bonchev–Trinajstić information content (AvgIpc) is 3.27. The van der Waals surface area contributed by atoms with Crippen LogP contribution in [-0.2, 0) is 4.79 Å². The van der Waals surface area contributed by atoms with E-state index in [-0.39, 0.29) is 48.3 Å². The maximum Gasteiger partial charge on any atom is 0.242 e. The minimum absolute atomic E-state index is 0.0214. The number of aliphatic hydroxyl groups is 1. The van der Waals surface area contributed by atoms with Gasteiger partial charge in [-0.3, -0.25) is 4.79 Å². The van der Waals surface area contributed by atoms with Gasteiger partial charge in [-0.25, -0.2) is 10.9 Å². The second-order valence-corrected chi connectivity index (χ2v) is 8.92. The molecule has 5 N–H and O–H groups in total. The number of fused-ring (bicyclic) bond motifs is 1. The topological polar surface area (TPSA) is 114 Å². The van der Waals surface area contributed by atoms with Crippen LogP contribution in [-0.4, -0.2) is 52.4 Å². The minimum atomic E-state index is -0.527. The van der Waals surface area contributed by atoms with Gasteiger partial charge in [-0.15, -0.1) is 0 Å². The maximum atomic E-state index is 13.2. The lowest BCUT2D eigenvalue weighted by Crippen LogP contribution is -2.42. The minimum Gasteiger partial charge on any atom is -0.508 e. The van der Waals surface area contributed by atoms with Gasteiger partial charge in [-0.05, 0) is 64.7 Å². The standard InChI is InChI=1S/C22H26BrN3O5/c1-10-6-13(15(28)7-11(10)2)18-17-19(25-24-18)22(30)26(4-5-27)20(17)12-8-14(23)21(29)16(9-12)31-3/h6-9,17-20,24-25,27-29H,4-5H2,1-3H3. The van der Waals surface area contributed by atoms with Crippen molar-refractivity contribution < 1.29 is 24.9 Å². The van der Waals surface area contributed by atoms with Crippen molar-refractivity contribution in [2.24, 2.45) is 5.92 Å². The van der Waals surface area contributed by atoms with Gasteiger partial charge in [0.05, 0.1) is 30.3 Å². The molecule has 0 aliphatic carbocycles. The summed E-state index contributed by atoms with van der Waals surface area (Å²) in [5.41, 5.74) is 9.78. The molecule has 31 heavy (non-hydrogen) atoms. The Kier molecular flexibility index (Phi) is 5.87. The van der Waals surface area contributed by atoms with Gasteiger partial charge >= 0.3 is 0 Å². The second-order valence-electron chi connectivity index (χ2n) is 8.07. The molecule has 4 rings (SSSR count). The van der Waals surface area contributed by atoms with E-state index < -0.39 is 12.1 Å². The molecule has 2 heterocycles. The van der Waals surface area contributed by atoms with E-state index in [1.165, 1.54) is 7.11 Å². The molecule has 0 bridgehead atoms. The number of methoxy groups -OCH3 is 1. The highest BCUT2D eigenvalue weighted by molar-refractivity contribution is 9.10. The lowest BCUT2D eigenvalue weighted by molar-refractivity contribution is -0.131. The first-order valence-corrected chi connectivity index (χ1v) is 10.9. The Hall–Kier alpha value is -2.33. The molecule has 2 saturated heterocycles. The molecule has 0 spiro atoms. The summed E-state index contributed by atoms with van der Waals surface area (Å²) in [6, 6.07) is 5.86. The van der Waals surface area contributed by atoms with Crippen molar-refractivity contribution in [1.29, 1.82) is 0 Å². The number of carbonyl (C=O) groups excluding carboxylic acids is 1. The highest BCUT2D eigenvalue weighted by Gasteiger charge is 2.55. The van der Waals surface area contributed by atoms with Crippen LogP contribution in [0.5, 0.6) is 17.2 Å². The van der Waals surface area contributed by atoms with Crippen LogP contribution in [0.15, 0.2) is 28.7 Å². The number of ether oxygens (including phenoxy) is 1. The number of nitrogens with one attached hydrogen (secondary N) is 2. The number of aryl methyl sites for hydroxylation is 2. The molecule has 0 radical (unpaired) electrons. The third-order valence-corrected chi connectivity index (χ3v) is 6.95. The maximum absolute atomic E-state index is 13.2. The van der Waals surface area contributed by atoms with Gasteiger partial charge in [0.15, 0.2) is 11.5 Å². The molecule has 1 amide bonds. The van der Waals surface area contributed by atoms with Crippen LogP contribution in [0.2, 0.25) is 0 Å². The second kappa shape index (κ2) is 8.31. The molecule has 0 aromatic heterocycles. The van der Waals surface area contributed by atoms with E-state index in [0.717, 1.165) is 16.7 Å². The molecule has 2 fully saturated rings. The summed E-state index contributed by atoms with van der Waals surface area (Å²) in [4.78, 5) is 14.9. The van der Waals surface area contributed by atoms with Crippen molar-refractivity contribution in [2.75, 3.05) is 20.3 Å². The van der Waals surface area contributed by atoms with Gasteiger partial charge in [0.25, 0.3) is 0 Å². The number of halogens is 1. The van der Waals surface area contributed by atoms with Gasteiger partial charge in [-0.1, -0.05) is 6.07 Å². The van der Waals surface area contributed by atoms with Crippen LogP contribution in [0.25, 0.3) is 0 Å². The van der Waals surface area contributed by atoms with Crippen molar-refractivity contribution in [3.63, 3.8) is 0 Å². The molecule has 4 unspecified atom stereocenters. The Balaban J connectivity index is 1.84. The average molecular weight is 492 g/mol. The summed E-state index contributed by atoms with van der Waals surface area (Å²) in [5.74, 6) is 0.0265. The van der Waals surface area contributed by atoms with Gasteiger partial charge in [0.1, 0.15) is 11.8 Å². The van der Waals surface area contributed by atoms with E-state index in [1.54, 1.807) is 23.1 Å². The fourth-order valence-electron chi connectivity index (χ4n) is 4.72. The number of phenols is 2. The van der Waals surface area contributed by atoms with Crippen molar-refractivity contribution in [3.05, 3.63) is 51.0 Å². The van der Waals surface area contributed by atoms with Crippen molar-refractivity contribution >= 4 is 21.8 Å². The van der Waals surface area contributed by atoms with Crippen LogP contribution < -0.4 is 15.6 Å². The number of carbonyl (C=O) groups is 1. The molecule has 2 aliphatic rings. The van der Waals surface area contributed by atoms with Crippen molar-refractivity contribution in [3.8, 4) is 17.2 Å². The number of amides is 1. The third kappa shape index (κ3) is 3.55. The van der Waals surface area contributed by atoms with E-state index in [4.69, 9.17) is 4.74 Å². The van der Waals surface area contributed by atoms with Crippen LogP contribution in [0.3, 0.4) is 0 Å². The van der Waals surface area contributed by atoms with E-state index in [0.29, 0.717) is 10.0 Å². The number of hydrogen-bond acceptors (Lipinski definition) is 7. The predicted molar refractivity (Wildman–Crippen MR) is 118 cm³/mol. The number of likely N-dealkylation sites (tertiary alicyclic amines) is 1. The largest absolute Gasteiger partial charge is 0.508 e. The highest BCUT2D eigenvalue weighted by atomic mass is 79.9. The normalized spacial score (nSPS) is 25.2. The van der Waals surface area contributed by atoms with Gasteiger partial charge in [-0.2, -0.15) is 0 Å². The highest BCUT2D eigenvalue weighted by Crippen LogP contribution is 2.50. The Bertz CT molecular complexity index is 1030. The summed E-state index contributed by atoms with van der Waals surface area (Å²) in [6.45, 7) is 3.91. The molecule has 0 saturated carbocycles. The Labute approximate surface area is 188 Å². The zero-order valence-electron chi connectivity index (χ0n) is 17.5. The number of nitrogens with zero attached hydrogens (tertiary/aromatic N) is 1. The van der Waals surface area contributed by atoms with Crippen LogP contribution >= 0.6 is 15.9 Å². The number of rotatable bonds is 5. The zero-order valence-corrected chi connectivity index (χ0v) is 19.1. The number of β-amino-alcohol motifs (C(OH)–C–C–N with tert-alkyl or cyclic N) is 1. The molecular formula is C22H26BrN3O5. The first kappa shape index (κ1) is 21.9.